The van der Waals surface area contributed by atoms with Crippen LogP contribution in [0, 0.1) is 27.2 Å². The van der Waals surface area contributed by atoms with Crippen molar-refractivity contribution in [2.45, 2.75) is 6.92 Å². The molecule has 136 valence electrons. The van der Waals surface area contributed by atoms with Gasteiger partial charge >= 0.3 is 0 Å². The second kappa shape index (κ2) is 7.47. The van der Waals surface area contributed by atoms with Crippen molar-refractivity contribution in [1.82, 2.24) is 0 Å². The third-order valence-corrected chi connectivity index (χ3v) is 3.56. The number of amides is 1. The first-order chi connectivity index (χ1) is 12.3. The summed E-state index contributed by atoms with van der Waals surface area (Å²) in [5.74, 6) is -0.413. The SMILES string of the molecule is COc1cc([N+](=O)[O-])ccc1NC(=O)c1cc([N+](=O)[O-])cc(C)c1OC. The molecule has 0 heterocycles. The van der Waals surface area contributed by atoms with Crippen LogP contribution in [0.1, 0.15) is 15.9 Å². The molecule has 1 N–H and O–H groups in total. The van der Waals surface area contributed by atoms with Crippen molar-refractivity contribution in [3.63, 3.8) is 0 Å². The molecular formula is C16H15N3O7. The van der Waals surface area contributed by atoms with Gasteiger partial charge < -0.3 is 14.8 Å². The Morgan fingerprint density at radius 1 is 1.00 bits per heavy atom. The second-order valence-electron chi connectivity index (χ2n) is 5.20. The maximum Gasteiger partial charge on any atom is 0.273 e. The number of hydrogen-bond donors (Lipinski definition) is 1. The summed E-state index contributed by atoms with van der Waals surface area (Å²) in [5.41, 5.74) is 0.0872. The normalized spacial score (nSPS) is 10.1. The van der Waals surface area contributed by atoms with Crippen molar-refractivity contribution in [1.29, 1.82) is 0 Å². The minimum Gasteiger partial charge on any atom is -0.496 e. The fraction of sp³-hybridized carbons (Fsp3) is 0.188. The van der Waals surface area contributed by atoms with Gasteiger partial charge in [0, 0.05) is 18.2 Å². The molecule has 0 aliphatic carbocycles. The molecule has 1 amide bonds. The van der Waals surface area contributed by atoms with Gasteiger partial charge in [0.15, 0.2) is 0 Å². The summed E-state index contributed by atoms with van der Waals surface area (Å²) in [5, 5.41) is 24.4. The van der Waals surface area contributed by atoms with Crippen molar-refractivity contribution in [3.05, 3.63) is 61.7 Å². The van der Waals surface area contributed by atoms with Crippen LogP contribution in [0.25, 0.3) is 0 Å². The average Bonchev–Trinajstić information content (AvgIpc) is 2.60. The molecule has 0 aliphatic heterocycles. The van der Waals surface area contributed by atoms with Crippen LogP contribution < -0.4 is 14.8 Å². The van der Waals surface area contributed by atoms with Crippen LogP contribution >= 0.6 is 0 Å². The van der Waals surface area contributed by atoms with Crippen LogP contribution in [0.5, 0.6) is 11.5 Å². The number of methoxy groups -OCH3 is 2. The van der Waals surface area contributed by atoms with Gasteiger partial charge in [-0.25, -0.2) is 0 Å². The van der Waals surface area contributed by atoms with Crippen LogP contribution in [-0.4, -0.2) is 30.0 Å². The number of aryl methyl sites for hydroxylation is 1. The van der Waals surface area contributed by atoms with Gasteiger partial charge in [-0.2, -0.15) is 0 Å². The van der Waals surface area contributed by atoms with Gasteiger partial charge in [0.2, 0.25) is 0 Å². The second-order valence-corrected chi connectivity index (χ2v) is 5.20. The molecule has 0 spiro atoms. The van der Waals surface area contributed by atoms with Gasteiger partial charge in [-0.15, -0.1) is 0 Å². The summed E-state index contributed by atoms with van der Waals surface area (Å²) in [6, 6.07) is 6.06. The molecule has 2 rings (SSSR count). The van der Waals surface area contributed by atoms with E-state index in [1.807, 2.05) is 0 Å². The van der Waals surface area contributed by atoms with Gasteiger partial charge in [0.05, 0.1) is 41.4 Å². The molecule has 26 heavy (non-hydrogen) atoms. The van der Waals surface area contributed by atoms with Crippen molar-refractivity contribution < 1.29 is 24.1 Å². The van der Waals surface area contributed by atoms with Gasteiger partial charge in [-0.1, -0.05) is 0 Å². The number of non-ortho nitro benzene ring substituents is 2. The topological polar surface area (TPSA) is 134 Å². The molecule has 10 heteroatoms. The molecule has 0 atom stereocenters. The molecule has 0 unspecified atom stereocenters. The number of carbonyl (C=O) groups is 1. The Kier molecular flexibility index (Phi) is 5.36. The van der Waals surface area contributed by atoms with Crippen molar-refractivity contribution >= 4 is 23.0 Å². The molecule has 0 radical (unpaired) electrons. The van der Waals surface area contributed by atoms with Crippen LogP contribution in [0.15, 0.2) is 30.3 Å². The van der Waals surface area contributed by atoms with E-state index in [1.54, 1.807) is 6.92 Å². The standard InChI is InChI=1S/C16H15N3O7/c1-9-6-11(19(23)24)7-12(15(9)26-3)16(20)17-13-5-4-10(18(21)22)8-14(13)25-2/h4-8H,1-3H3,(H,17,20). The molecule has 0 saturated heterocycles. The summed E-state index contributed by atoms with van der Waals surface area (Å²) < 4.78 is 10.2. The number of nitro groups is 2. The Hall–Kier alpha value is -3.69. The predicted octanol–water partition coefficient (Wildman–Crippen LogP) is 3.08. The lowest BCUT2D eigenvalue weighted by molar-refractivity contribution is -0.385. The molecule has 0 bridgehead atoms. The van der Waals surface area contributed by atoms with E-state index in [-0.39, 0.29) is 34.1 Å². The number of carbonyl (C=O) groups excluding carboxylic acids is 1. The largest absolute Gasteiger partial charge is 0.496 e. The highest BCUT2D eigenvalue weighted by molar-refractivity contribution is 6.07. The molecule has 10 nitrogen and oxygen atoms in total. The number of hydrogen-bond acceptors (Lipinski definition) is 7. The summed E-state index contributed by atoms with van der Waals surface area (Å²) in [4.78, 5) is 33.3. The highest BCUT2D eigenvalue weighted by Gasteiger charge is 2.22. The van der Waals surface area contributed by atoms with Gasteiger partial charge in [0.25, 0.3) is 17.3 Å². The number of ether oxygens (including phenoxy) is 2. The Bertz CT molecular complexity index is 896. The van der Waals surface area contributed by atoms with E-state index >= 15 is 0 Å². The maximum atomic E-state index is 12.6. The summed E-state index contributed by atoms with van der Waals surface area (Å²) in [7, 11) is 2.64. The quantitative estimate of drug-likeness (QED) is 0.617. The lowest BCUT2D eigenvalue weighted by atomic mass is 10.1. The van der Waals surface area contributed by atoms with Crippen molar-refractivity contribution in [3.8, 4) is 11.5 Å². The average molecular weight is 361 g/mol. The van der Waals surface area contributed by atoms with E-state index in [9.17, 15) is 25.0 Å². The zero-order chi connectivity index (χ0) is 19.4. The molecule has 0 aliphatic rings. The molecule has 0 aromatic heterocycles. The van der Waals surface area contributed by atoms with E-state index in [1.165, 1.54) is 32.4 Å². The summed E-state index contributed by atoms with van der Waals surface area (Å²) in [6.07, 6.45) is 0. The van der Waals surface area contributed by atoms with E-state index < -0.39 is 15.8 Å². The number of nitrogens with one attached hydrogen (secondary N) is 1. The number of nitrogens with zero attached hydrogens (tertiary/aromatic N) is 2. The molecular weight excluding hydrogens is 346 g/mol. The lowest BCUT2D eigenvalue weighted by Crippen LogP contribution is -2.15. The predicted molar refractivity (Wildman–Crippen MR) is 92.0 cm³/mol. The first-order valence-corrected chi connectivity index (χ1v) is 7.25. The van der Waals surface area contributed by atoms with Crippen LogP contribution in [0.2, 0.25) is 0 Å². The minimum atomic E-state index is -0.680. The third kappa shape index (κ3) is 3.69. The minimum absolute atomic E-state index is 0.0420. The Morgan fingerprint density at radius 3 is 2.19 bits per heavy atom. The van der Waals surface area contributed by atoms with Gasteiger partial charge in [-0.3, -0.25) is 25.0 Å². The fourth-order valence-corrected chi connectivity index (χ4v) is 2.39. The third-order valence-electron chi connectivity index (χ3n) is 3.56. The fourth-order valence-electron chi connectivity index (χ4n) is 2.39. The first kappa shape index (κ1) is 18.6. The van der Waals surface area contributed by atoms with E-state index in [2.05, 4.69) is 5.32 Å². The monoisotopic (exact) mass is 361 g/mol. The molecule has 2 aromatic rings. The number of nitro benzene ring substituents is 2. The van der Waals surface area contributed by atoms with Crippen LogP contribution in [0.4, 0.5) is 17.1 Å². The maximum absolute atomic E-state index is 12.6. The molecule has 2 aromatic carbocycles. The van der Waals surface area contributed by atoms with Crippen molar-refractivity contribution in [2.24, 2.45) is 0 Å². The number of rotatable bonds is 6. The summed E-state index contributed by atoms with van der Waals surface area (Å²) in [6.45, 7) is 1.58. The van der Waals surface area contributed by atoms with Gasteiger partial charge in [-0.05, 0) is 18.6 Å². The van der Waals surface area contributed by atoms with Crippen molar-refractivity contribution in [2.75, 3.05) is 19.5 Å². The van der Waals surface area contributed by atoms with Crippen LogP contribution in [0.3, 0.4) is 0 Å². The van der Waals surface area contributed by atoms with E-state index in [0.29, 0.717) is 5.56 Å². The lowest BCUT2D eigenvalue weighted by Gasteiger charge is -2.13. The smallest absolute Gasteiger partial charge is 0.273 e. The molecule has 0 fully saturated rings. The zero-order valence-electron chi connectivity index (χ0n) is 14.1. The zero-order valence-corrected chi connectivity index (χ0v) is 14.1. The highest BCUT2D eigenvalue weighted by atomic mass is 16.6. The van der Waals surface area contributed by atoms with Crippen LogP contribution in [-0.2, 0) is 0 Å². The first-order valence-electron chi connectivity index (χ1n) is 7.25. The highest BCUT2D eigenvalue weighted by Crippen LogP contribution is 2.32. The molecule has 0 saturated carbocycles. The number of anilines is 1. The number of benzene rings is 2. The van der Waals surface area contributed by atoms with E-state index in [0.717, 1.165) is 12.1 Å². The Morgan fingerprint density at radius 2 is 1.65 bits per heavy atom. The Labute approximate surface area is 147 Å². The Balaban J connectivity index is 2.44. The van der Waals surface area contributed by atoms with Gasteiger partial charge in [0.1, 0.15) is 11.5 Å². The van der Waals surface area contributed by atoms with E-state index in [4.69, 9.17) is 9.47 Å². The summed E-state index contributed by atoms with van der Waals surface area (Å²) >= 11 is 0.